The number of nitrogens with one attached hydrogen (secondary N) is 1. The number of hydrogen-bond acceptors (Lipinski definition) is 7. The first kappa shape index (κ1) is 37.3. The van der Waals surface area contributed by atoms with Gasteiger partial charge in [0.05, 0.1) is 13.2 Å². The molecule has 2 aromatic rings. The normalized spacial score (nSPS) is 13.5. The molecule has 0 bridgehead atoms. The van der Waals surface area contributed by atoms with Crippen LogP contribution >= 0.6 is 0 Å². The molecule has 1 unspecified atom stereocenters. The molecule has 248 valence electrons. The fraction of sp³-hybridized carbons (Fsp3) is 0.556. The number of aryl methyl sites for hydroxylation is 1. The molecule has 1 saturated carbocycles. The maximum Gasteiger partial charge on any atom is 0.328 e. The Labute approximate surface area is 268 Å². The summed E-state index contributed by atoms with van der Waals surface area (Å²) in [5, 5.41) is 21.3. The van der Waals surface area contributed by atoms with Crippen molar-refractivity contribution in [3.63, 3.8) is 0 Å². The van der Waals surface area contributed by atoms with E-state index in [1.54, 1.807) is 12.1 Å². The summed E-state index contributed by atoms with van der Waals surface area (Å²) < 4.78 is 5.21. The lowest BCUT2D eigenvalue weighted by atomic mass is 9.98. The number of esters is 1. The lowest BCUT2D eigenvalue weighted by Gasteiger charge is -2.18. The Morgan fingerprint density at radius 1 is 0.956 bits per heavy atom. The number of carbonyl (C=O) groups excluding carboxylic acids is 2. The van der Waals surface area contributed by atoms with Gasteiger partial charge >= 0.3 is 5.97 Å². The number of nitrogens with zero attached hydrogens (tertiary/aromatic N) is 1. The van der Waals surface area contributed by atoms with Crippen LogP contribution in [0.15, 0.2) is 66.7 Å². The first-order chi connectivity index (χ1) is 21.9. The summed E-state index contributed by atoms with van der Waals surface area (Å²) in [4.78, 5) is 38.9. The van der Waals surface area contributed by atoms with E-state index < -0.39 is 17.1 Å². The number of unbranched alkanes of at least 4 members (excludes halogenated alkanes) is 4. The zero-order valence-electron chi connectivity index (χ0n) is 26.9. The van der Waals surface area contributed by atoms with Crippen molar-refractivity contribution in [2.24, 2.45) is 5.92 Å². The van der Waals surface area contributed by atoms with Crippen molar-refractivity contribution < 1.29 is 29.4 Å². The molecule has 1 aliphatic rings. The van der Waals surface area contributed by atoms with Crippen LogP contribution in [0.1, 0.15) is 102 Å². The molecule has 1 atom stereocenters. The number of rotatable bonds is 20. The first-order valence-corrected chi connectivity index (χ1v) is 16.5. The standard InChI is InChI=1S/C20H28N2O7.C16H24/c1-2-3-4-5-8-19(24)21-18(15-16-9-11-17(23)12-10-16)20(25)28-13-6-7-14-29-22(26)27;1-3-9-15(10-4-1)11-5-2-6-12-16-13-7-8-14-16/h2-3,9-12,18,23H,4-8,13-15H2,1H3,(H,21,24);1,3-4,9-10,16H,2,5-8,11-14H2/b3-2-;. The Morgan fingerprint density at radius 2 is 1.67 bits per heavy atom. The van der Waals surface area contributed by atoms with Crippen LogP contribution in [-0.4, -0.2) is 41.3 Å². The molecule has 0 heterocycles. The second-order valence-electron chi connectivity index (χ2n) is 11.6. The molecular formula is C36H52N2O7. The van der Waals surface area contributed by atoms with Gasteiger partial charge in [-0.2, -0.15) is 0 Å². The van der Waals surface area contributed by atoms with Crippen molar-refractivity contribution in [2.45, 2.75) is 109 Å². The zero-order valence-corrected chi connectivity index (χ0v) is 26.9. The van der Waals surface area contributed by atoms with Gasteiger partial charge < -0.3 is 20.0 Å². The third-order valence-electron chi connectivity index (χ3n) is 7.88. The van der Waals surface area contributed by atoms with Crippen LogP contribution in [-0.2, 0) is 32.0 Å². The minimum atomic E-state index is -0.870. The van der Waals surface area contributed by atoms with Crippen LogP contribution in [0.3, 0.4) is 0 Å². The molecule has 9 heteroatoms. The molecule has 3 rings (SSSR count). The minimum Gasteiger partial charge on any atom is -0.508 e. The molecule has 0 aliphatic heterocycles. The predicted octanol–water partition coefficient (Wildman–Crippen LogP) is 7.68. The van der Waals surface area contributed by atoms with Crippen LogP contribution in [0.2, 0.25) is 0 Å². The largest absolute Gasteiger partial charge is 0.508 e. The van der Waals surface area contributed by atoms with Crippen molar-refractivity contribution in [3.8, 4) is 5.75 Å². The van der Waals surface area contributed by atoms with E-state index >= 15 is 0 Å². The van der Waals surface area contributed by atoms with Gasteiger partial charge in [-0.05, 0) is 74.6 Å². The molecule has 0 spiro atoms. The monoisotopic (exact) mass is 624 g/mol. The van der Waals surface area contributed by atoms with Crippen LogP contribution in [0.4, 0.5) is 0 Å². The van der Waals surface area contributed by atoms with E-state index in [1.165, 1.54) is 75.5 Å². The summed E-state index contributed by atoms with van der Waals surface area (Å²) in [6.07, 6.45) is 19.7. The number of phenolic OH excluding ortho intramolecular Hbond substituents is 1. The molecule has 1 fully saturated rings. The van der Waals surface area contributed by atoms with Gasteiger partial charge in [0.25, 0.3) is 5.09 Å². The Morgan fingerprint density at radius 3 is 2.36 bits per heavy atom. The topological polar surface area (TPSA) is 128 Å². The molecule has 45 heavy (non-hydrogen) atoms. The van der Waals surface area contributed by atoms with Gasteiger partial charge in [0.2, 0.25) is 5.91 Å². The lowest BCUT2D eigenvalue weighted by Crippen LogP contribution is -2.43. The van der Waals surface area contributed by atoms with Crippen molar-refractivity contribution in [1.29, 1.82) is 0 Å². The minimum absolute atomic E-state index is 0.0650. The number of aromatic hydroxyl groups is 1. The fourth-order valence-corrected chi connectivity index (χ4v) is 5.37. The molecule has 2 N–H and O–H groups in total. The molecule has 0 saturated heterocycles. The highest BCUT2D eigenvalue weighted by Crippen LogP contribution is 2.29. The number of amides is 1. The number of hydrogen-bond donors (Lipinski definition) is 2. The Bertz CT molecular complexity index is 1120. The van der Waals surface area contributed by atoms with Crippen molar-refractivity contribution >= 4 is 11.9 Å². The molecule has 1 amide bonds. The summed E-state index contributed by atoms with van der Waals surface area (Å²) >= 11 is 0. The molecule has 9 nitrogen and oxygen atoms in total. The number of ether oxygens (including phenoxy) is 1. The van der Waals surface area contributed by atoms with E-state index in [1.807, 2.05) is 19.1 Å². The van der Waals surface area contributed by atoms with Crippen molar-refractivity contribution in [3.05, 3.63) is 88.0 Å². The fourth-order valence-electron chi connectivity index (χ4n) is 5.37. The molecular weight excluding hydrogens is 572 g/mol. The van der Waals surface area contributed by atoms with E-state index in [4.69, 9.17) is 4.74 Å². The van der Waals surface area contributed by atoms with E-state index in [-0.39, 0.29) is 31.3 Å². The van der Waals surface area contributed by atoms with Gasteiger partial charge in [-0.25, -0.2) is 4.79 Å². The molecule has 1 aliphatic carbocycles. The third-order valence-corrected chi connectivity index (χ3v) is 7.88. The van der Waals surface area contributed by atoms with Gasteiger partial charge in [0.15, 0.2) is 0 Å². The van der Waals surface area contributed by atoms with E-state index in [9.17, 15) is 24.8 Å². The Kier molecular flexibility index (Phi) is 19.5. The van der Waals surface area contributed by atoms with Gasteiger partial charge in [0.1, 0.15) is 11.8 Å². The number of benzene rings is 2. The summed E-state index contributed by atoms with van der Waals surface area (Å²) in [5.74, 6) is 0.374. The van der Waals surface area contributed by atoms with Gasteiger partial charge in [-0.15, -0.1) is 10.1 Å². The van der Waals surface area contributed by atoms with E-state index in [2.05, 4.69) is 40.5 Å². The maximum atomic E-state index is 12.4. The van der Waals surface area contributed by atoms with Gasteiger partial charge in [-0.1, -0.05) is 99.6 Å². The highest BCUT2D eigenvalue weighted by Gasteiger charge is 2.22. The average Bonchev–Trinajstić information content (AvgIpc) is 3.56. The quantitative estimate of drug-likeness (QED) is 0.0508. The smallest absolute Gasteiger partial charge is 0.328 e. The van der Waals surface area contributed by atoms with E-state index in [0.29, 0.717) is 25.7 Å². The summed E-state index contributed by atoms with van der Waals surface area (Å²) in [6, 6.07) is 16.4. The van der Waals surface area contributed by atoms with Gasteiger partial charge in [0, 0.05) is 12.8 Å². The number of carbonyl (C=O) groups is 2. The maximum absolute atomic E-state index is 12.4. The molecule has 2 aromatic carbocycles. The van der Waals surface area contributed by atoms with Crippen molar-refractivity contribution in [2.75, 3.05) is 13.2 Å². The number of allylic oxidation sites excluding steroid dienone is 2. The number of phenols is 1. The predicted molar refractivity (Wildman–Crippen MR) is 176 cm³/mol. The molecule has 0 aromatic heterocycles. The molecule has 0 radical (unpaired) electrons. The summed E-state index contributed by atoms with van der Waals surface area (Å²) in [7, 11) is 0. The van der Waals surface area contributed by atoms with Crippen LogP contribution in [0, 0.1) is 16.0 Å². The van der Waals surface area contributed by atoms with Crippen LogP contribution in [0.5, 0.6) is 5.75 Å². The van der Waals surface area contributed by atoms with Crippen LogP contribution in [0.25, 0.3) is 0 Å². The third kappa shape index (κ3) is 18.5. The highest BCUT2D eigenvalue weighted by molar-refractivity contribution is 5.84. The summed E-state index contributed by atoms with van der Waals surface area (Å²) in [5.41, 5.74) is 2.27. The second kappa shape index (κ2) is 23.5. The van der Waals surface area contributed by atoms with Crippen molar-refractivity contribution in [1.82, 2.24) is 5.32 Å². The highest BCUT2D eigenvalue weighted by atomic mass is 16.9. The average molecular weight is 625 g/mol. The Balaban J connectivity index is 0.000000368. The van der Waals surface area contributed by atoms with Crippen LogP contribution < -0.4 is 5.32 Å². The van der Waals surface area contributed by atoms with E-state index in [0.717, 1.165) is 17.9 Å². The zero-order chi connectivity index (χ0) is 32.5. The lowest BCUT2D eigenvalue weighted by molar-refractivity contribution is -0.757. The summed E-state index contributed by atoms with van der Waals surface area (Å²) in [6.45, 7) is 1.92. The first-order valence-electron chi connectivity index (χ1n) is 16.5. The Hall–Kier alpha value is -3.88. The second-order valence-corrected chi connectivity index (χ2v) is 11.6. The SMILES string of the molecule is C/C=C\CCCC(=O)NC(Cc1ccc(O)cc1)C(=O)OCCCCO[N+](=O)[O-].c1ccc(CCCCCC2CCCC2)cc1. The van der Waals surface area contributed by atoms with Gasteiger partial charge in [-0.3, -0.25) is 4.79 Å².